The van der Waals surface area contributed by atoms with Gasteiger partial charge in [0.2, 0.25) is 0 Å². The summed E-state index contributed by atoms with van der Waals surface area (Å²) < 4.78 is 1.15. The highest BCUT2D eigenvalue weighted by Crippen LogP contribution is 2.21. The van der Waals surface area contributed by atoms with Crippen LogP contribution < -0.4 is 5.32 Å². The molecule has 0 spiro atoms. The summed E-state index contributed by atoms with van der Waals surface area (Å²) in [7, 11) is 1.98. The van der Waals surface area contributed by atoms with E-state index in [-0.39, 0.29) is 0 Å². The monoisotopic (exact) mass is 267 g/mol. The zero-order chi connectivity index (χ0) is 11.3. The molecule has 0 saturated heterocycles. The molecule has 0 aromatic heterocycles. The molecule has 1 rings (SSSR count). The average molecular weight is 268 g/mol. The Balaban J connectivity index is 2.97. The first-order valence-corrected chi connectivity index (χ1v) is 6.04. The fraction of sp³-hybridized carbons (Fsp3) is 0.385. The Labute approximate surface area is 101 Å². The third-order valence-electron chi connectivity index (χ3n) is 2.37. The van der Waals surface area contributed by atoms with Crippen molar-refractivity contribution in [3.63, 3.8) is 0 Å². The first-order chi connectivity index (χ1) is 7.15. The molecule has 82 valence electrons. The third-order valence-corrected chi connectivity index (χ3v) is 3.09. The molecule has 0 aliphatic rings. The number of nitrogens with one attached hydrogen (secondary N) is 1. The van der Waals surface area contributed by atoms with Crippen molar-refractivity contribution < 1.29 is 0 Å². The number of likely N-dealkylation sites (N-methyl/N-ethyl adjacent to an activating group) is 1. The van der Waals surface area contributed by atoms with E-state index in [1.54, 1.807) is 0 Å². The van der Waals surface area contributed by atoms with Crippen molar-refractivity contribution >= 4 is 22.0 Å². The van der Waals surface area contributed by atoms with E-state index in [4.69, 9.17) is 0 Å². The zero-order valence-corrected chi connectivity index (χ0v) is 11.1. The molecule has 0 bridgehead atoms. The fourth-order valence-electron chi connectivity index (χ4n) is 1.42. The molecule has 1 aromatic carbocycles. The van der Waals surface area contributed by atoms with Gasteiger partial charge in [-0.25, -0.2) is 0 Å². The van der Waals surface area contributed by atoms with Crippen LogP contribution in [0.3, 0.4) is 0 Å². The molecule has 0 saturated carbocycles. The normalized spacial score (nSPS) is 12.2. The highest BCUT2D eigenvalue weighted by atomic mass is 79.9. The lowest BCUT2D eigenvalue weighted by atomic mass is 10.0. The van der Waals surface area contributed by atoms with Crippen molar-refractivity contribution in [2.45, 2.75) is 13.8 Å². The summed E-state index contributed by atoms with van der Waals surface area (Å²) >= 11 is 3.56. The minimum absolute atomic E-state index is 0.574. The molecular formula is C13H18BrN. The Morgan fingerprint density at radius 2 is 2.07 bits per heavy atom. The Morgan fingerprint density at radius 3 is 2.60 bits per heavy atom. The molecule has 2 heteroatoms. The number of halogens is 1. The van der Waals surface area contributed by atoms with Crippen molar-refractivity contribution in [2.24, 2.45) is 5.92 Å². The van der Waals surface area contributed by atoms with Gasteiger partial charge in [-0.2, -0.15) is 0 Å². The standard InChI is InChI=1S/C13H18BrN/c1-10(2)12(9-15-3)8-11-6-4-5-7-13(11)14/h4-8,10,15H,9H2,1-3H3. The van der Waals surface area contributed by atoms with E-state index in [1.165, 1.54) is 11.1 Å². The van der Waals surface area contributed by atoms with Gasteiger partial charge in [0.25, 0.3) is 0 Å². The van der Waals surface area contributed by atoms with E-state index < -0.39 is 0 Å². The van der Waals surface area contributed by atoms with Crippen LogP contribution in [0.4, 0.5) is 0 Å². The van der Waals surface area contributed by atoms with Crippen molar-refractivity contribution in [3.8, 4) is 0 Å². The van der Waals surface area contributed by atoms with Crippen molar-refractivity contribution in [1.29, 1.82) is 0 Å². The Bertz CT molecular complexity index is 342. The van der Waals surface area contributed by atoms with Crippen LogP contribution in [-0.4, -0.2) is 13.6 Å². The van der Waals surface area contributed by atoms with Crippen molar-refractivity contribution in [1.82, 2.24) is 5.32 Å². The maximum Gasteiger partial charge on any atom is 0.0247 e. The zero-order valence-electron chi connectivity index (χ0n) is 9.55. The van der Waals surface area contributed by atoms with Crippen molar-refractivity contribution in [2.75, 3.05) is 13.6 Å². The summed E-state index contributed by atoms with van der Waals surface area (Å²) in [5, 5.41) is 3.21. The number of benzene rings is 1. The van der Waals surface area contributed by atoms with Crippen LogP contribution in [0.2, 0.25) is 0 Å². The second kappa shape index (κ2) is 6.09. The van der Waals surface area contributed by atoms with E-state index in [2.05, 4.69) is 59.4 Å². The summed E-state index contributed by atoms with van der Waals surface area (Å²) in [6.07, 6.45) is 2.26. The summed E-state index contributed by atoms with van der Waals surface area (Å²) in [6, 6.07) is 8.30. The largest absolute Gasteiger partial charge is 0.316 e. The number of rotatable bonds is 4. The van der Waals surface area contributed by atoms with Crippen LogP contribution in [-0.2, 0) is 0 Å². The van der Waals surface area contributed by atoms with E-state index in [9.17, 15) is 0 Å². The van der Waals surface area contributed by atoms with Gasteiger partial charge in [0.05, 0.1) is 0 Å². The van der Waals surface area contributed by atoms with Gasteiger partial charge in [0.15, 0.2) is 0 Å². The molecule has 0 aliphatic carbocycles. The highest BCUT2D eigenvalue weighted by Gasteiger charge is 2.03. The first-order valence-electron chi connectivity index (χ1n) is 5.24. The number of hydrogen-bond acceptors (Lipinski definition) is 1. The van der Waals surface area contributed by atoms with E-state index >= 15 is 0 Å². The molecule has 0 fully saturated rings. The summed E-state index contributed by atoms with van der Waals surface area (Å²) in [5.41, 5.74) is 2.67. The van der Waals surface area contributed by atoms with Gasteiger partial charge in [-0.05, 0) is 24.6 Å². The molecule has 0 aliphatic heterocycles. The average Bonchev–Trinajstić information content (AvgIpc) is 2.20. The Morgan fingerprint density at radius 1 is 1.40 bits per heavy atom. The minimum atomic E-state index is 0.574. The van der Waals surface area contributed by atoms with Gasteiger partial charge in [0, 0.05) is 11.0 Å². The van der Waals surface area contributed by atoms with Gasteiger partial charge in [-0.3, -0.25) is 0 Å². The summed E-state index contributed by atoms with van der Waals surface area (Å²) in [6.45, 7) is 5.39. The first kappa shape index (κ1) is 12.5. The Hall–Kier alpha value is -0.600. The van der Waals surface area contributed by atoms with Gasteiger partial charge in [-0.15, -0.1) is 0 Å². The molecule has 0 atom stereocenters. The molecule has 0 radical (unpaired) electrons. The predicted molar refractivity (Wildman–Crippen MR) is 70.9 cm³/mol. The second-order valence-corrected chi connectivity index (χ2v) is 4.78. The molecule has 0 heterocycles. The lowest BCUT2D eigenvalue weighted by Gasteiger charge is -2.11. The van der Waals surface area contributed by atoms with Crippen LogP contribution in [0.1, 0.15) is 19.4 Å². The molecule has 0 amide bonds. The summed E-state index contributed by atoms with van der Waals surface area (Å²) in [5.74, 6) is 0.574. The molecule has 1 nitrogen and oxygen atoms in total. The lowest BCUT2D eigenvalue weighted by molar-refractivity contribution is 0.713. The molecule has 1 N–H and O–H groups in total. The SMILES string of the molecule is CNCC(=Cc1ccccc1Br)C(C)C. The van der Waals surface area contributed by atoms with E-state index in [0.29, 0.717) is 5.92 Å². The quantitative estimate of drug-likeness (QED) is 0.877. The predicted octanol–water partition coefficient (Wildman–Crippen LogP) is 3.71. The Kier molecular flexibility index (Phi) is 5.06. The van der Waals surface area contributed by atoms with Crippen LogP contribution in [0.25, 0.3) is 6.08 Å². The van der Waals surface area contributed by atoms with Crippen molar-refractivity contribution in [3.05, 3.63) is 39.9 Å². The van der Waals surface area contributed by atoms with Gasteiger partial charge < -0.3 is 5.32 Å². The van der Waals surface area contributed by atoms with Crippen LogP contribution in [0, 0.1) is 5.92 Å². The smallest absolute Gasteiger partial charge is 0.0247 e. The maximum atomic E-state index is 3.56. The molecule has 0 unspecified atom stereocenters. The van der Waals surface area contributed by atoms with Gasteiger partial charge >= 0.3 is 0 Å². The van der Waals surface area contributed by atoms with E-state index in [0.717, 1.165) is 11.0 Å². The lowest BCUT2D eigenvalue weighted by Crippen LogP contribution is -2.13. The van der Waals surface area contributed by atoms with E-state index in [1.807, 2.05) is 13.1 Å². The molecule has 1 aromatic rings. The molecule has 15 heavy (non-hydrogen) atoms. The fourth-order valence-corrected chi connectivity index (χ4v) is 1.82. The molecular weight excluding hydrogens is 250 g/mol. The van der Waals surface area contributed by atoms with Crippen LogP contribution >= 0.6 is 15.9 Å². The third kappa shape index (κ3) is 3.80. The summed E-state index contributed by atoms with van der Waals surface area (Å²) in [4.78, 5) is 0. The van der Waals surface area contributed by atoms with Gasteiger partial charge in [0.1, 0.15) is 0 Å². The minimum Gasteiger partial charge on any atom is -0.316 e. The topological polar surface area (TPSA) is 12.0 Å². The second-order valence-electron chi connectivity index (χ2n) is 3.93. The highest BCUT2D eigenvalue weighted by molar-refractivity contribution is 9.10. The van der Waals surface area contributed by atoms with Crippen LogP contribution in [0.15, 0.2) is 34.3 Å². The van der Waals surface area contributed by atoms with Gasteiger partial charge in [-0.1, -0.05) is 59.6 Å². The van der Waals surface area contributed by atoms with Crippen LogP contribution in [0.5, 0.6) is 0 Å². The maximum absolute atomic E-state index is 3.56. The number of hydrogen-bond donors (Lipinski definition) is 1.